The van der Waals surface area contributed by atoms with Crippen molar-refractivity contribution in [2.24, 2.45) is 0 Å². The van der Waals surface area contributed by atoms with Crippen LogP contribution in [0.5, 0.6) is 0 Å². The number of aromatic nitrogens is 2. The minimum Gasteiger partial charge on any atom is -0.296 e. The Labute approximate surface area is 127 Å². The van der Waals surface area contributed by atoms with E-state index >= 15 is 0 Å². The zero-order chi connectivity index (χ0) is 13.9. The molecule has 0 atom stereocenters. The second-order valence-corrected chi connectivity index (χ2v) is 6.20. The standard InChI is InChI=1S/C15H14ClN3S/c1-19(10-14-15(16)20-18-17-14)9-11-6-7-12-4-2-3-5-13(12)8-11/h2-8H,9-10H2,1H3. The van der Waals surface area contributed by atoms with Gasteiger partial charge in [0.1, 0.15) is 10.0 Å². The maximum absolute atomic E-state index is 6.03. The van der Waals surface area contributed by atoms with Crippen molar-refractivity contribution in [2.45, 2.75) is 13.1 Å². The highest BCUT2D eigenvalue weighted by molar-refractivity contribution is 7.10. The van der Waals surface area contributed by atoms with Crippen molar-refractivity contribution in [3.63, 3.8) is 0 Å². The Morgan fingerprint density at radius 2 is 1.90 bits per heavy atom. The molecule has 0 aliphatic heterocycles. The van der Waals surface area contributed by atoms with Gasteiger partial charge in [0.2, 0.25) is 0 Å². The van der Waals surface area contributed by atoms with Gasteiger partial charge in [-0.25, -0.2) is 0 Å². The summed E-state index contributed by atoms with van der Waals surface area (Å²) in [4.78, 5) is 2.19. The Bertz CT molecular complexity index is 726. The molecular formula is C15H14ClN3S. The molecule has 102 valence electrons. The van der Waals surface area contributed by atoms with Crippen LogP contribution in [0.4, 0.5) is 0 Å². The van der Waals surface area contributed by atoms with E-state index in [1.807, 2.05) is 0 Å². The fourth-order valence-electron chi connectivity index (χ4n) is 2.25. The number of benzene rings is 2. The first kappa shape index (κ1) is 13.5. The molecular weight excluding hydrogens is 290 g/mol. The van der Waals surface area contributed by atoms with E-state index in [-0.39, 0.29) is 0 Å². The largest absolute Gasteiger partial charge is 0.296 e. The summed E-state index contributed by atoms with van der Waals surface area (Å²) in [7, 11) is 2.06. The Kier molecular flexibility index (Phi) is 3.96. The van der Waals surface area contributed by atoms with Crippen LogP contribution in [0.25, 0.3) is 10.8 Å². The smallest absolute Gasteiger partial charge is 0.138 e. The van der Waals surface area contributed by atoms with Gasteiger partial charge in [0.15, 0.2) is 0 Å². The molecule has 3 aromatic rings. The first-order valence-electron chi connectivity index (χ1n) is 6.35. The molecule has 3 nitrogen and oxygen atoms in total. The molecule has 0 amide bonds. The number of halogens is 1. The average Bonchev–Trinajstić information content (AvgIpc) is 2.84. The van der Waals surface area contributed by atoms with Crippen molar-refractivity contribution >= 4 is 33.9 Å². The molecule has 1 heterocycles. The fraction of sp³-hybridized carbons (Fsp3) is 0.200. The topological polar surface area (TPSA) is 29.0 Å². The predicted molar refractivity (Wildman–Crippen MR) is 84.0 cm³/mol. The zero-order valence-electron chi connectivity index (χ0n) is 11.1. The zero-order valence-corrected chi connectivity index (χ0v) is 12.7. The van der Waals surface area contributed by atoms with Crippen molar-refractivity contribution in [1.82, 2.24) is 14.5 Å². The van der Waals surface area contributed by atoms with Crippen molar-refractivity contribution in [2.75, 3.05) is 7.05 Å². The molecule has 0 aliphatic carbocycles. The van der Waals surface area contributed by atoms with E-state index in [2.05, 4.69) is 64.0 Å². The molecule has 0 unspecified atom stereocenters. The van der Waals surface area contributed by atoms with Gasteiger partial charge in [-0.3, -0.25) is 4.90 Å². The van der Waals surface area contributed by atoms with Crippen LogP contribution in [-0.2, 0) is 13.1 Å². The lowest BCUT2D eigenvalue weighted by Gasteiger charge is -2.15. The van der Waals surface area contributed by atoms with Crippen LogP contribution >= 0.6 is 23.1 Å². The average molecular weight is 304 g/mol. The summed E-state index contributed by atoms with van der Waals surface area (Å²) in [6, 6.07) is 15.0. The lowest BCUT2D eigenvalue weighted by molar-refractivity contribution is 0.315. The molecule has 0 fully saturated rings. The maximum atomic E-state index is 6.03. The number of rotatable bonds is 4. The molecule has 20 heavy (non-hydrogen) atoms. The van der Waals surface area contributed by atoms with Gasteiger partial charge in [-0.2, -0.15) is 0 Å². The first-order chi connectivity index (χ1) is 9.72. The summed E-state index contributed by atoms with van der Waals surface area (Å²) in [5.41, 5.74) is 2.13. The molecule has 0 saturated heterocycles. The van der Waals surface area contributed by atoms with Crippen molar-refractivity contribution in [3.05, 3.63) is 58.1 Å². The third-order valence-corrected chi connectivity index (χ3v) is 4.18. The third-order valence-electron chi connectivity index (χ3n) is 3.20. The first-order valence-corrected chi connectivity index (χ1v) is 7.50. The van der Waals surface area contributed by atoms with E-state index < -0.39 is 0 Å². The van der Waals surface area contributed by atoms with Gasteiger partial charge in [-0.15, -0.1) is 5.10 Å². The summed E-state index contributed by atoms with van der Waals surface area (Å²) < 4.78 is 4.53. The van der Waals surface area contributed by atoms with E-state index in [4.69, 9.17) is 11.6 Å². The van der Waals surface area contributed by atoms with Crippen LogP contribution in [0.3, 0.4) is 0 Å². The van der Waals surface area contributed by atoms with Crippen molar-refractivity contribution in [1.29, 1.82) is 0 Å². The predicted octanol–water partition coefficient (Wildman–Crippen LogP) is 3.98. The lowest BCUT2D eigenvalue weighted by atomic mass is 10.1. The number of nitrogens with zero attached hydrogens (tertiary/aromatic N) is 3. The molecule has 0 saturated carbocycles. The summed E-state index contributed by atoms with van der Waals surface area (Å²) >= 11 is 7.26. The van der Waals surface area contributed by atoms with Crippen molar-refractivity contribution in [3.8, 4) is 0 Å². The van der Waals surface area contributed by atoms with Crippen LogP contribution in [-0.4, -0.2) is 21.5 Å². The van der Waals surface area contributed by atoms with Gasteiger partial charge in [0.05, 0.1) is 0 Å². The third kappa shape index (κ3) is 2.98. The van der Waals surface area contributed by atoms with Gasteiger partial charge in [-0.1, -0.05) is 52.5 Å². The number of hydrogen-bond acceptors (Lipinski definition) is 4. The van der Waals surface area contributed by atoms with Gasteiger partial charge < -0.3 is 0 Å². The van der Waals surface area contributed by atoms with Gasteiger partial charge in [-0.05, 0) is 29.4 Å². The minimum absolute atomic E-state index is 0.676. The fourth-order valence-corrected chi connectivity index (χ4v) is 2.86. The Balaban J connectivity index is 1.74. The Morgan fingerprint density at radius 3 is 2.65 bits per heavy atom. The lowest BCUT2D eigenvalue weighted by Crippen LogP contribution is -2.17. The molecule has 0 aliphatic rings. The normalized spacial score (nSPS) is 11.3. The summed E-state index contributed by atoms with van der Waals surface area (Å²) in [5.74, 6) is 0. The summed E-state index contributed by atoms with van der Waals surface area (Å²) in [5, 5.41) is 6.58. The van der Waals surface area contributed by atoms with Crippen LogP contribution < -0.4 is 0 Å². The number of fused-ring (bicyclic) bond motifs is 1. The van der Waals surface area contributed by atoms with Gasteiger partial charge >= 0.3 is 0 Å². The van der Waals surface area contributed by atoms with Crippen LogP contribution in [0.1, 0.15) is 11.3 Å². The van der Waals surface area contributed by atoms with Crippen LogP contribution in [0.2, 0.25) is 4.34 Å². The van der Waals surface area contributed by atoms with Crippen LogP contribution in [0.15, 0.2) is 42.5 Å². The second-order valence-electron chi connectivity index (χ2n) is 4.85. The molecule has 2 aromatic carbocycles. The van der Waals surface area contributed by atoms with Gasteiger partial charge in [0.25, 0.3) is 0 Å². The molecule has 0 radical (unpaired) electrons. The van der Waals surface area contributed by atoms with E-state index in [1.54, 1.807) is 0 Å². The highest BCUT2D eigenvalue weighted by Gasteiger charge is 2.09. The Hall–Kier alpha value is -1.49. The SMILES string of the molecule is CN(Cc1ccc2ccccc2c1)Cc1nnsc1Cl. The monoisotopic (exact) mass is 303 g/mol. The number of hydrogen-bond donors (Lipinski definition) is 0. The van der Waals surface area contributed by atoms with E-state index in [1.165, 1.54) is 27.9 Å². The Morgan fingerprint density at radius 1 is 1.10 bits per heavy atom. The summed E-state index contributed by atoms with van der Waals surface area (Å²) in [6.45, 7) is 1.57. The minimum atomic E-state index is 0.676. The summed E-state index contributed by atoms with van der Waals surface area (Å²) in [6.07, 6.45) is 0. The van der Waals surface area contributed by atoms with E-state index in [0.717, 1.165) is 12.2 Å². The molecule has 0 bridgehead atoms. The molecule has 5 heteroatoms. The quantitative estimate of drug-likeness (QED) is 0.730. The second kappa shape index (κ2) is 5.87. The molecule has 3 rings (SSSR count). The van der Waals surface area contributed by atoms with E-state index in [0.29, 0.717) is 10.9 Å². The van der Waals surface area contributed by atoms with Crippen LogP contribution in [0, 0.1) is 0 Å². The molecule has 0 N–H and O–H groups in total. The highest BCUT2D eigenvalue weighted by atomic mass is 35.5. The molecule has 0 spiro atoms. The molecule has 1 aromatic heterocycles. The maximum Gasteiger partial charge on any atom is 0.138 e. The van der Waals surface area contributed by atoms with Gasteiger partial charge in [0, 0.05) is 24.6 Å². The highest BCUT2D eigenvalue weighted by Crippen LogP contribution is 2.20. The van der Waals surface area contributed by atoms with E-state index in [9.17, 15) is 0 Å². The van der Waals surface area contributed by atoms with Crippen molar-refractivity contribution < 1.29 is 0 Å².